The molecule has 0 aliphatic heterocycles. The van der Waals surface area contributed by atoms with Crippen LogP contribution in [0.2, 0.25) is 0 Å². The van der Waals surface area contributed by atoms with Crippen LogP contribution in [0.25, 0.3) is 0 Å². The second-order valence-corrected chi connectivity index (χ2v) is 5.61. The van der Waals surface area contributed by atoms with Gasteiger partial charge in [-0.1, -0.05) is 51.5 Å². The molecule has 0 amide bonds. The first-order chi connectivity index (χ1) is 9.53. The summed E-state index contributed by atoms with van der Waals surface area (Å²) in [7, 11) is 1.50. The van der Waals surface area contributed by atoms with Gasteiger partial charge in [-0.3, -0.25) is 0 Å². The molecule has 0 saturated carbocycles. The standard InChI is InChI=1S/C17H27FO2/c1-4-5-6-7-8-9-13-17(2,19)16-14(18)11-10-12-15(16)20-3/h10-12,19H,4-9,13H2,1-3H3. The Morgan fingerprint density at radius 1 is 1.15 bits per heavy atom. The molecule has 2 nitrogen and oxygen atoms in total. The van der Waals surface area contributed by atoms with Crippen molar-refractivity contribution in [3.8, 4) is 5.75 Å². The van der Waals surface area contributed by atoms with E-state index in [0.717, 1.165) is 12.8 Å². The van der Waals surface area contributed by atoms with Crippen LogP contribution < -0.4 is 4.74 Å². The summed E-state index contributed by atoms with van der Waals surface area (Å²) in [6, 6.07) is 4.65. The molecule has 0 spiro atoms. The topological polar surface area (TPSA) is 29.5 Å². The number of benzene rings is 1. The lowest BCUT2D eigenvalue weighted by Crippen LogP contribution is -2.23. The molecule has 114 valence electrons. The molecule has 1 aromatic carbocycles. The SMILES string of the molecule is CCCCCCCCC(C)(O)c1c(F)cccc1OC. The van der Waals surface area contributed by atoms with Gasteiger partial charge in [0.05, 0.1) is 18.3 Å². The first-order valence-electron chi connectivity index (χ1n) is 7.58. The third-order valence-corrected chi connectivity index (χ3v) is 3.75. The lowest BCUT2D eigenvalue weighted by atomic mass is 9.89. The average molecular weight is 282 g/mol. The first-order valence-corrected chi connectivity index (χ1v) is 7.58. The molecule has 20 heavy (non-hydrogen) atoms. The van der Waals surface area contributed by atoms with Gasteiger partial charge in [0.2, 0.25) is 0 Å². The van der Waals surface area contributed by atoms with Crippen molar-refractivity contribution in [1.82, 2.24) is 0 Å². The number of aliphatic hydroxyl groups is 1. The van der Waals surface area contributed by atoms with Crippen molar-refractivity contribution in [2.45, 2.75) is 64.4 Å². The summed E-state index contributed by atoms with van der Waals surface area (Å²) in [5, 5.41) is 10.6. The average Bonchev–Trinajstić information content (AvgIpc) is 2.42. The minimum Gasteiger partial charge on any atom is -0.496 e. The molecule has 0 radical (unpaired) electrons. The number of hydrogen-bond donors (Lipinski definition) is 1. The molecule has 1 N–H and O–H groups in total. The summed E-state index contributed by atoms with van der Waals surface area (Å²) in [4.78, 5) is 0. The molecule has 3 heteroatoms. The summed E-state index contributed by atoms with van der Waals surface area (Å²) in [6.45, 7) is 3.86. The predicted molar refractivity (Wildman–Crippen MR) is 80.5 cm³/mol. The Morgan fingerprint density at radius 2 is 1.80 bits per heavy atom. The Morgan fingerprint density at radius 3 is 2.45 bits per heavy atom. The number of halogens is 1. The van der Waals surface area contributed by atoms with Crippen LogP contribution in [0, 0.1) is 5.82 Å². The van der Waals surface area contributed by atoms with E-state index in [4.69, 9.17) is 4.74 Å². The summed E-state index contributed by atoms with van der Waals surface area (Å²) < 4.78 is 19.1. The van der Waals surface area contributed by atoms with Crippen molar-refractivity contribution in [2.24, 2.45) is 0 Å². The summed E-state index contributed by atoms with van der Waals surface area (Å²) in [5.41, 5.74) is -0.905. The number of hydrogen-bond acceptors (Lipinski definition) is 2. The minimum absolute atomic E-state index is 0.274. The fourth-order valence-corrected chi connectivity index (χ4v) is 2.57. The largest absolute Gasteiger partial charge is 0.496 e. The van der Waals surface area contributed by atoms with Crippen LogP contribution in [0.4, 0.5) is 4.39 Å². The zero-order chi connectivity index (χ0) is 15.0. The van der Waals surface area contributed by atoms with Crippen LogP contribution in [0.15, 0.2) is 18.2 Å². The zero-order valence-electron chi connectivity index (χ0n) is 12.9. The fraction of sp³-hybridized carbons (Fsp3) is 0.647. The number of ether oxygens (including phenoxy) is 1. The molecule has 1 rings (SSSR count). The summed E-state index contributed by atoms with van der Waals surface area (Å²) in [5.74, 6) is 0.0151. The van der Waals surface area contributed by atoms with Crippen molar-refractivity contribution in [1.29, 1.82) is 0 Å². The van der Waals surface area contributed by atoms with Crippen molar-refractivity contribution in [3.63, 3.8) is 0 Å². The number of methoxy groups -OCH3 is 1. The van der Waals surface area contributed by atoms with E-state index < -0.39 is 11.4 Å². The molecule has 0 saturated heterocycles. The van der Waals surface area contributed by atoms with Gasteiger partial charge in [0.1, 0.15) is 11.6 Å². The third kappa shape index (κ3) is 4.78. The van der Waals surface area contributed by atoms with Crippen LogP contribution >= 0.6 is 0 Å². The highest BCUT2D eigenvalue weighted by atomic mass is 19.1. The molecule has 1 atom stereocenters. The maximum atomic E-state index is 14.0. The molecule has 1 aromatic rings. The smallest absolute Gasteiger partial charge is 0.133 e. The molecule has 0 heterocycles. The minimum atomic E-state index is -1.18. The lowest BCUT2D eigenvalue weighted by Gasteiger charge is -2.26. The quantitative estimate of drug-likeness (QED) is 0.660. The zero-order valence-corrected chi connectivity index (χ0v) is 12.9. The highest BCUT2D eigenvalue weighted by molar-refractivity contribution is 5.38. The highest BCUT2D eigenvalue weighted by Gasteiger charge is 2.29. The Bertz CT molecular complexity index is 402. The van der Waals surface area contributed by atoms with E-state index in [1.807, 2.05) is 0 Å². The van der Waals surface area contributed by atoms with E-state index in [2.05, 4.69) is 6.92 Å². The van der Waals surface area contributed by atoms with E-state index >= 15 is 0 Å². The van der Waals surface area contributed by atoms with Gasteiger partial charge in [-0.15, -0.1) is 0 Å². The Balaban J connectivity index is 2.60. The molecular weight excluding hydrogens is 255 g/mol. The lowest BCUT2D eigenvalue weighted by molar-refractivity contribution is 0.0386. The Hall–Kier alpha value is -1.09. The van der Waals surface area contributed by atoms with Crippen molar-refractivity contribution in [2.75, 3.05) is 7.11 Å². The molecule has 1 unspecified atom stereocenters. The fourth-order valence-electron chi connectivity index (χ4n) is 2.57. The monoisotopic (exact) mass is 282 g/mol. The summed E-state index contributed by atoms with van der Waals surface area (Å²) in [6.07, 6.45) is 7.43. The maximum Gasteiger partial charge on any atom is 0.133 e. The molecule has 0 fully saturated rings. The van der Waals surface area contributed by atoms with Gasteiger partial charge in [0, 0.05) is 0 Å². The van der Waals surface area contributed by atoms with Gasteiger partial charge in [-0.05, 0) is 25.5 Å². The van der Waals surface area contributed by atoms with Gasteiger partial charge < -0.3 is 9.84 Å². The molecular formula is C17H27FO2. The number of rotatable bonds is 9. The molecule has 0 aliphatic carbocycles. The van der Waals surface area contributed by atoms with Crippen molar-refractivity contribution < 1.29 is 14.2 Å². The van der Waals surface area contributed by atoms with Crippen molar-refractivity contribution in [3.05, 3.63) is 29.6 Å². The summed E-state index contributed by atoms with van der Waals surface area (Å²) >= 11 is 0. The predicted octanol–water partition coefficient (Wildman–Crippen LogP) is 4.79. The Labute approximate surface area is 122 Å². The first kappa shape index (κ1) is 17.0. The van der Waals surface area contributed by atoms with Crippen LogP contribution in [0.5, 0.6) is 5.75 Å². The highest BCUT2D eigenvalue weighted by Crippen LogP contribution is 2.35. The Kier molecular flexibility index (Phi) is 7.00. The van der Waals surface area contributed by atoms with E-state index in [1.165, 1.54) is 38.9 Å². The van der Waals surface area contributed by atoms with Crippen LogP contribution in [0.1, 0.15) is 64.4 Å². The molecule has 0 aliphatic rings. The molecule has 0 aromatic heterocycles. The van der Waals surface area contributed by atoms with Gasteiger partial charge in [-0.2, -0.15) is 0 Å². The van der Waals surface area contributed by atoms with Gasteiger partial charge in [-0.25, -0.2) is 4.39 Å². The van der Waals surface area contributed by atoms with Crippen LogP contribution in [-0.2, 0) is 5.60 Å². The second kappa shape index (κ2) is 8.25. The second-order valence-electron chi connectivity index (χ2n) is 5.61. The van der Waals surface area contributed by atoms with Gasteiger partial charge >= 0.3 is 0 Å². The third-order valence-electron chi connectivity index (χ3n) is 3.75. The van der Waals surface area contributed by atoms with Crippen LogP contribution in [-0.4, -0.2) is 12.2 Å². The van der Waals surface area contributed by atoms with Crippen molar-refractivity contribution >= 4 is 0 Å². The van der Waals surface area contributed by atoms with Gasteiger partial charge in [0.15, 0.2) is 0 Å². The molecule has 0 bridgehead atoms. The maximum absolute atomic E-state index is 14.0. The van der Waals surface area contributed by atoms with Gasteiger partial charge in [0.25, 0.3) is 0 Å². The number of unbranched alkanes of at least 4 members (excludes halogenated alkanes) is 5. The van der Waals surface area contributed by atoms with E-state index in [0.29, 0.717) is 12.2 Å². The van der Waals surface area contributed by atoms with E-state index in [-0.39, 0.29) is 5.56 Å². The van der Waals surface area contributed by atoms with E-state index in [1.54, 1.807) is 19.1 Å². The van der Waals surface area contributed by atoms with E-state index in [9.17, 15) is 9.50 Å². The van der Waals surface area contributed by atoms with Crippen LogP contribution in [0.3, 0.4) is 0 Å². The normalized spacial score (nSPS) is 14.1.